The van der Waals surface area contributed by atoms with Crippen molar-refractivity contribution in [2.45, 2.75) is 45.1 Å². The van der Waals surface area contributed by atoms with E-state index in [9.17, 15) is 0 Å². The van der Waals surface area contributed by atoms with Crippen molar-refractivity contribution >= 4 is 0 Å². The van der Waals surface area contributed by atoms with Crippen molar-refractivity contribution in [3.8, 4) is 0 Å². The minimum atomic E-state index is 0.503. The molecule has 2 heterocycles. The number of H-pyrrole nitrogens is 1. The summed E-state index contributed by atoms with van der Waals surface area (Å²) in [5.41, 5.74) is 2.67. The maximum atomic E-state index is 4.15. The number of nitrogens with zero attached hydrogens (tertiary/aromatic N) is 1. The summed E-state index contributed by atoms with van der Waals surface area (Å²) in [4.78, 5) is 0. The Bertz CT molecular complexity index is 284. The van der Waals surface area contributed by atoms with E-state index in [-0.39, 0.29) is 0 Å². The molecule has 0 bridgehead atoms. The second kappa shape index (κ2) is 4.13. The van der Waals surface area contributed by atoms with Gasteiger partial charge in [0.1, 0.15) is 0 Å². The molecule has 0 radical (unpaired) electrons. The third kappa shape index (κ3) is 1.82. The molecule has 0 aliphatic carbocycles. The van der Waals surface area contributed by atoms with Gasteiger partial charge in [-0.3, -0.25) is 5.10 Å². The molecule has 0 aromatic carbocycles. The van der Waals surface area contributed by atoms with Gasteiger partial charge in [0.25, 0.3) is 0 Å². The Morgan fingerprint density at radius 1 is 1.43 bits per heavy atom. The van der Waals surface area contributed by atoms with Gasteiger partial charge in [-0.1, -0.05) is 20.3 Å². The van der Waals surface area contributed by atoms with Gasteiger partial charge in [-0.2, -0.15) is 5.10 Å². The number of nitrogens with one attached hydrogen (secondary N) is 2. The molecule has 2 rings (SSSR count). The maximum absolute atomic E-state index is 4.15. The van der Waals surface area contributed by atoms with Crippen LogP contribution in [-0.2, 0) is 0 Å². The van der Waals surface area contributed by atoms with Gasteiger partial charge in [-0.15, -0.1) is 0 Å². The van der Waals surface area contributed by atoms with Crippen LogP contribution in [-0.4, -0.2) is 16.7 Å². The minimum Gasteiger partial charge on any atom is -0.309 e. The first-order valence-electron chi connectivity index (χ1n) is 5.55. The van der Waals surface area contributed by atoms with Crippen molar-refractivity contribution in [1.29, 1.82) is 0 Å². The first-order chi connectivity index (χ1) is 6.79. The van der Waals surface area contributed by atoms with Crippen LogP contribution in [0.2, 0.25) is 0 Å². The predicted molar refractivity (Wildman–Crippen MR) is 57.3 cm³/mol. The summed E-state index contributed by atoms with van der Waals surface area (Å²) in [7, 11) is 0. The standard InChI is InChI=1S/C11H19N3/c1-8(2)9-7-13-14-11(9)10-5-3-4-6-12-10/h7-8,10,12H,3-6H2,1-2H3,(H,13,14). The summed E-state index contributed by atoms with van der Waals surface area (Å²) >= 11 is 0. The Labute approximate surface area is 85.3 Å². The van der Waals surface area contributed by atoms with Crippen molar-refractivity contribution < 1.29 is 0 Å². The molecule has 1 saturated heterocycles. The molecular weight excluding hydrogens is 174 g/mol. The van der Waals surface area contributed by atoms with E-state index in [4.69, 9.17) is 0 Å². The van der Waals surface area contributed by atoms with E-state index in [2.05, 4.69) is 29.4 Å². The number of hydrogen-bond donors (Lipinski definition) is 2. The number of piperidine rings is 1. The van der Waals surface area contributed by atoms with Gasteiger partial charge in [-0.25, -0.2) is 0 Å². The van der Waals surface area contributed by atoms with Gasteiger partial charge in [0.2, 0.25) is 0 Å². The van der Waals surface area contributed by atoms with Crippen LogP contribution in [0.15, 0.2) is 6.20 Å². The van der Waals surface area contributed by atoms with Crippen LogP contribution in [0.5, 0.6) is 0 Å². The molecule has 0 amide bonds. The zero-order chi connectivity index (χ0) is 9.97. The average molecular weight is 193 g/mol. The van der Waals surface area contributed by atoms with Crippen LogP contribution in [0.1, 0.15) is 56.3 Å². The highest BCUT2D eigenvalue weighted by molar-refractivity contribution is 5.23. The second-order valence-corrected chi connectivity index (χ2v) is 4.40. The van der Waals surface area contributed by atoms with Gasteiger partial charge in [0, 0.05) is 6.04 Å². The fourth-order valence-corrected chi connectivity index (χ4v) is 2.14. The fourth-order valence-electron chi connectivity index (χ4n) is 2.14. The van der Waals surface area contributed by atoms with Crippen LogP contribution in [0.3, 0.4) is 0 Å². The summed E-state index contributed by atoms with van der Waals surface area (Å²) in [6, 6.07) is 0.503. The zero-order valence-corrected chi connectivity index (χ0v) is 9.01. The average Bonchev–Trinajstić information content (AvgIpc) is 2.67. The summed E-state index contributed by atoms with van der Waals surface area (Å²) in [6.45, 7) is 5.58. The van der Waals surface area contributed by atoms with Crippen LogP contribution in [0.4, 0.5) is 0 Å². The van der Waals surface area contributed by atoms with Gasteiger partial charge in [-0.05, 0) is 30.9 Å². The minimum absolute atomic E-state index is 0.503. The predicted octanol–water partition coefficient (Wildman–Crippen LogP) is 2.35. The summed E-state index contributed by atoms with van der Waals surface area (Å²) in [5, 5.41) is 10.8. The molecule has 1 aliphatic rings. The molecular formula is C11H19N3. The molecule has 0 saturated carbocycles. The van der Waals surface area contributed by atoms with Crippen LogP contribution in [0, 0.1) is 0 Å². The van der Waals surface area contributed by atoms with Gasteiger partial charge < -0.3 is 5.32 Å². The molecule has 3 heteroatoms. The lowest BCUT2D eigenvalue weighted by Crippen LogP contribution is -2.27. The van der Waals surface area contributed by atoms with Crippen molar-refractivity contribution in [3.05, 3.63) is 17.5 Å². The summed E-state index contributed by atoms with van der Waals surface area (Å²) in [6.07, 6.45) is 5.84. The Hall–Kier alpha value is -0.830. The molecule has 78 valence electrons. The van der Waals surface area contributed by atoms with E-state index in [1.54, 1.807) is 0 Å². The highest BCUT2D eigenvalue weighted by atomic mass is 15.1. The second-order valence-electron chi connectivity index (χ2n) is 4.40. The molecule has 0 spiro atoms. The van der Waals surface area contributed by atoms with E-state index < -0.39 is 0 Å². The first kappa shape index (κ1) is 9.71. The Kier molecular flexibility index (Phi) is 2.87. The lowest BCUT2D eigenvalue weighted by atomic mass is 9.95. The highest BCUT2D eigenvalue weighted by Crippen LogP contribution is 2.27. The number of rotatable bonds is 2. The monoisotopic (exact) mass is 193 g/mol. The fraction of sp³-hybridized carbons (Fsp3) is 0.727. The molecule has 1 aliphatic heterocycles. The van der Waals surface area contributed by atoms with Crippen molar-refractivity contribution in [3.63, 3.8) is 0 Å². The highest BCUT2D eigenvalue weighted by Gasteiger charge is 2.20. The number of aromatic amines is 1. The Morgan fingerprint density at radius 2 is 2.29 bits per heavy atom. The Balaban J connectivity index is 2.17. The maximum Gasteiger partial charge on any atom is 0.0556 e. The normalized spacial score (nSPS) is 22.9. The van der Waals surface area contributed by atoms with Crippen LogP contribution in [0.25, 0.3) is 0 Å². The smallest absolute Gasteiger partial charge is 0.0556 e. The first-order valence-corrected chi connectivity index (χ1v) is 5.55. The number of hydrogen-bond acceptors (Lipinski definition) is 2. The van der Waals surface area contributed by atoms with E-state index >= 15 is 0 Å². The van der Waals surface area contributed by atoms with Gasteiger partial charge in [0.05, 0.1) is 11.9 Å². The van der Waals surface area contributed by atoms with E-state index in [0.717, 1.165) is 6.54 Å². The molecule has 14 heavy (non-hydrogen) atoms. The summed E-state index contributed by atoms with van der Waals surface area (Å²) < 4.78 is 0. The van der Waals surface area contributed by atoms with Gasteiger partial charge in [0.15, 0.2) is 0 Å². The molecule has 1 aromatic heterocycles. The molecule has 1 unspecified atom stereocenters. The molecule has 1 aromatic rings. The number of aromatic nitrogens is 2. The molecule has 1 atom stereocenters. The molecule has 3 nitrogen and oxygen atoms in total. The topological polar surface area (TPSA) is 40.7 Å². The lowest BCUT2D eigenvalue weighted by Gasteiger charge is -2.24. The van der Waals surface area contributed by atoms with E-state index in [1.165, 1.54) is 30.5 Å². The third-order valence-electron chi connectivity index (χ3n) is 2.98. The SMILES string of the molecule is CC(C)c1cn[nH]c1C1CCCCN1. The van der Waals surface area contributed by atoms with Crippen molar-refractivity contribution in [2.75, 3.05) is 6.54 Å². The Morgan fingerprint density at radius 3 is 2.93 bits per heavy atom. The molecule has 2 N–H and O–H groups in total. The van der Waals surface area contributed by atoms with Crippen LogP contribution < -0.4 is 5.32 Å². The molecule has 1 fully saturated rings. The quantitative estimate of drug-likeness (QED) is 0.757. The lowest BCUT2D eigenvalue weighted by molar-refractivity contribution is 0.402. The van der Waals surface area contributed by atoms with E-state index in [0.29, 0.717) is 12.0 Å². The van der Waals surface area contributed by atoms with E-state index in [1.807, 2.05) is 6.20 Å². The largest absolute Gasteiger partial charge is 0.309 e. The van der Waals surface area contributed by atoms with Gasteiger partial charge >= 0.3 is 0 Å². The van der Waals surface area contributed by atoms with Crippen LogP contribution >= 0.6 is 0 Å². The summed E-state index contributed by atoms with van der Waals surface area (Å²) in [5.74, 6) is 0.562. The van der Waals surface area contributed by atoms with Crippen molar-refractivity contribution in [2.24, 2.45) is 0 Å². The zero-order valence-electron chi connectivity index (χ0n) is 9.01. The third-order valence-corrected chi connectivity index (χ3v) is 2.98. The van der Waals surface area contributed by atoms with Crippen molar-refractivity contribution in [1.82, 2.24) is 15.5 Å².